The number of rotatable bonds is 2. The Labute approximate surface area is 141 Å². The molecule has 23 heavy (non-hydrogen) atoms. The minimum absolute atomic E-state index is 0.115. The number of anilines is 1. The fourth-order valence-electron chi connectivity index (χ4n) is 2.20. The van der Waals surface area contributed by atoms with E-state index in [0.29, 0.717) is 16.4 Å². The molecule has 1 N–H and O–H groups in total. The maximum absolute atomic E-state index is 12.5. The number of hydrogen-bond acceptors (Lipinski definition) is 3. The third-order valence-corrected chi connectivity index (χ3v) is 3.88. The van der Waals surface area contributed by atoms with Crippen molar-refractivity contribution in [1.29, 1.82) is 0 Å². The molecular formula is C16H11Cl2N3O2. The van der Waals surface area contributed by atoms with E-state index in [-0.39, 0.29) is 21.8 Å². The molecule has 7 heteroatoms. The molecule has 0 saturated carbocycles. The lowest BCUT2D eigenvalue weighted by Crippen LogP contribution is -2.25. The van der Waals surface area contributed by atoms with Crippen molar-refractivity contribution in [3.8, 4) is 0 Å². The van der Waals surface area contributed by atoms with E-state index >= 15 is 0 Å². The Balaban J connectivity index is 2.04. The van der Waals surface area contributed by atoms with Crippen molar-refractivity contribution < 1.29 is 4.79 Å². The van der Waals surface area contributed by atoms with Crippen LogP contribution in [-0.4, -0.2) is 15.3 Å². The van der Waals surface area contributed by atoms with E-state index in [1.165, 1.54) is 16.5 Å². The Morgan fingerprint density at radius 2 is 2.00 bits per heavy atom. The lowest BCUT2D eigenvalue weighted by atomic mass is 10.2. The first-order chi connectivity index (χ1) is 11.0. The molecule has 0 spiro atoms. The standard InChI is InChI=1S/C16H11Cl2N3O2/c1-9-14(16(23)21-7-3-2-4-13(21)19-9)20-15(22)11-6-5-10(17)8-12(11)18/h2-8H,1H3,(H,20,22). The number of benzene rings is 1. The third kappa shape index (κ3) is 2.93. The van der Waals surface area contributed by atoms with Crippen molar-refractivity contribution in [2.75, 3.05) is 5.32 Å². The maximum atomic E-state index is 12.5. The van der Waals surface area contributed by atoms with Gasteiger partial charge in [-0.15, -0.1) is 0 Å². The van der Waals surface area contributed by atoms with Gasteiger partial charge in [0.15, 0.2) is 0 Å². The van der Waals surface area contributed by atoms with E-state index in [4.69, 9.17) is 23.2 Å². The highest BCUT2D eigenvalue weighted by molar-refractivity contribution is 6.37. The topological polar surface area (TPSA) is 63.5 Å². The van der Waals surface area contributed by atoms with Gasteiger partial charge in [-0.05, 0) is 37.3 Å². The number of nitrogens with zero attached hydrogens (tertiary/aromatic N) is 2. The number of carbonyl (C=O) groups excluding carboxylic acids is 1. The molecule has 0 saturated heterocycles. The highest BCUT2D eigenvalue weighted by Gasteiger charge is 2.16. The minimum atomic E-state index is -0.496. The van der Waals surface area contributed by atoms with Gasteiger partial charge in [-0.1, -0.05) is 29.3 Å². The molecule has 1 amide bonds. The number of aryl methyl sites for hydroxylation is 1. The monoisotopic (exact) mass is 347 g/mol. The summed E-state index contributed by atoms with van der Waals surface area (Å²) in [6.07, 6.45) is 1.59. The molecule has 0 bridgehead atoms. The Bertz CT molecular complexity index is 983. The molecule has 3 rings (SSSR count). The third-order valence-electron chi connectivity index (χ3n) is 3.33. The number of amides is 1. The van der Waals surface area contributed by atoms with E-state index in [1.807, 2.05) is 0 Å². The predicted octanol–water partition coefficient (Wildman–Crippen LogP) is 3.56. The first-order valence-electron chi connectivity index (χ1n) is 6.72. The number of fused-ring (bicyclic) bond motifs is 1. The van der Waals surface area contributed by atoms with Crippen molar-refractivity contribution in [2.45, 2.75) is 6.92 Å². The normalized spacial score (nSPS) is 10.7. The van der Waals surface area contributed by atoms with Crippen molar-refractivity contribution in [1.82, 2.24) is 9.38 Å². The fraction of sp³-hybridized carbons (Fsp3) is 0.0625. The molecule has 116 valence electrons. The van der Waals surface area contributed by atoms with Crippen LogP contribution in [0.2, 0.25) is 10.0 Å². The molecule has 1 aromatic carbocycles. The molecule has 0 fully saturated rings. The summed E-state index contributed by atoms with van der Waals surface area (Å²) in [5.41, 5.74) is 0.932. The molecule has 5 nitrogen and oxygen atoms in total. The van der Waals surface area contributed by atoms with Gasteiger partial charge in [-0.25, -0.2) is 4.98 Å². The second-order valence-electron chi connectivity index (χ2n) is 4.88. The van der Waals surface area contributed by atoms with Gasteiger partial charge in [0, 0.05) is 11.2 Å². The van der Waals surface area contributed by atoms with Crippen LogP contribution in [0.4, 0.5) is 5.69 Å². The van der Waals surface area contributed by atoms with E-state index in [9.17, 15) is 9.59 Å². The van der Waals surface area contributed by atoms with Gasteiger partial charge in [0.25, 0.3) is 11.5 Å². The molecule has 0 aliphatic heterocycles. The number of aromatic nitrogens is 2. The summed E-state index contributed by atoms with van der Waals surface area (Å²) in [6, 6.07) is 9.74. The van der Waals surface area contributed by atoms with Crippen LogP contribution in [-0.2, 0) is 0 Å². The smallest absolute Gasteiger partial charge is 0.281 e. The molecule has 3 aromatic rings. The Morgan fingerprint density at radius 1 is 1.22 bits per heavy atom. The van der Waals surface area contributed by atoms with E-state index in [2.05, 4.69) is 10.3 Å². The zero-order valence-corrected chi connectivity index (χ0v) is 13.5. The number of halogens is 2. The Morgan fingerprint density at radius 3 is 2.74 bits per heavy atom. The van der Waals surface area contributed by atoms with E-state index < -0.39 is 5.91 Å². The first kappa shape index (κ1) is 15.5. The summed E-state index contributed by atoms with van der Waals surface area (Å²) in [5.74, 6) is -0.496. The Hall–Kier alpha value is -2.37. The number of hydrogen-bond donors (Lipinski definition) is 1. The van der Waals surface area contributed by atoms with Gasteiger partial charge < -0.3 is 5.32 Å². The summed E-state index contributed by atoms with van der Waals surface area (Å²) >= 11 is 11.8. The molecular weight excluding hydrogens is 337 g/mol. The summed E-state index contributed by atoms with van der Waals surface area (Å²) in [6.45, 7) is 1.66. The zero-order chi connectivity index (χ0) is 16.6. The van der Waals surface area contributed by atoms with Crippen LogP contribution >= 0.6 is 23.2 Å². The molecule has 2 heterocycles. The number of pyridine rings is 1. The number of nitrogens with one attached hydrogen (secondary N) is 1. The SMILES string of the molecule is Cc1nc2ccccn2c(=O)c1NC(=O)c1ccc(Cl)cc1Cl. The van der Waals surface area contributed by atoms with Crippen molar-refractivity contribution >= 4 is 40.4 Å². The molecule has 2 aromatic heterocycles. The lowest BCUT2D eigenvalue weighted by Gasteiger charge is -2.10. The molecule has 0 atom stereocenters. The molecule has 0 aliphatic carbocycles. The second-order valence-corrected chi connectivity index (χ2v) is 5.73. The van der Waals surface area contributed by atoms with Crippen molar-refractivity contribution in [2.24, 2.45) is 0 Å². The molecule has 0 radical (unpaired) electrons. The molecule has 0 aliphatic rings. The van der Waals surface area contributed by atoms with Crippen molar-refractivity contribution in [3.05, 3.63) is 74.3 Å². The maximum Gasteiger partial charge on any atom is 0.281 e. The average molecular weight is 348 g/mol. The quantitative estimate of drug-likeness (QED) is 0.770. The highest BCUT2D eigenvalue weighted by atomic mass is 35.5. The lowest BCUT2D eigenvalue weighted by molar-refractivity contribution is 0.102. The Kier molecular flexibility index (Phi) is 4.07. The van der Waals surface area contributed by atoms with Crippen LogP contribution in [0.1, 0.15) is 16.1 Å². The summed E-state index contributed by atoms with van der Waals surface area (Å²) < 4.78 is 1.37. The summed E-state index contributed by atoms with van der Waals surface area (Å²) in [7, 11) is 0. The largest absolute Gasteiger partial charge is 0.316 e. The van der Waals surface area contributed by atoms with Crippen LogP contribution in [0.15, 0.2) is 47.4 Å². The van der Waals surface area contributed by atoms with Crippen LogP contribution < -0.4 is 10.9 Å². The van der Waals surface area contributed by atoms with Gasteiger partial charge in [0.1, 0.15) is 11.3 Å². The van der Waals surface area contributed by atoms with Crippen LogP contribution in [0.5, 0.6) is 0 Å². The molecule has 0 unspecified atom stereocenters. The van der Waals surface area contributed by atoms with Crippen LogP contribution in [0, 0.1) is 6.92 Å². The van der Waals surface area contributed by atoms with Gasteiger partial charge in [0.2, 0.25) is 0 Å². The summed E-state index contributed by atoms with van der Waals surface area (Å²) in [5, 5.41) is 3.22. The van der Waals surface area contributed by atoms with Gasteiger partial charge in [-0.2, -0.15) is 0 Å². The van der Waals surface area contributed by atoms with E-state index in [1.54, 1.807) is 37.4 Å². The van der Waals surface area contributed by atoms with Crippen LogP contribution in [0.3, 0.4) is 0 Å². The zero-order valence-electron chi connectivity index (χ0n) is 12.0. The average Bonchev–Trinajstić information content (AvgIpc) is 2.51. The highest BCUT2D eigenvalue weighted by Crippen LogP contribution is 2.22. The minimum Gasteiger partial charge on any atom is -0.316 e. The predicted molar refractivity (Wildman–Crippen MR) is 90.6 cm³/mol. The fourth-order valence-corrected chi connectivity index (χ4v) is 2.69. The summed E-state index contributed by atoms with van der Waals surface area (Å²) in [4.78, 5) is 29.2. The first-order valence-corrected chi connectivity index (χ1v) is 7.47. The van der Waals surface area contributed by atoms with Gasteiger partial charge in [-0.3, -0.25) is 14.0 Å². The van der Waals surface area contributed by atoms with Gasteiger partial charge >= 0.3 is 0 Å². The van der Waals surface area contributed by atoms with E-state index in [0.717, 1.165) is 0 Å². The number of carbonyl (C=O) groups is 1. The second kappa shape index (κ2) is 6.02. The van der Waals surface area contributed by atoms with Crippen LogP contribution in [0.25, 0.3) is 5.65 Å². The van der Waals surface area contributed by atoms with Gasteiger partial charge in [0.05, 0.1) is 16.3 Å². The van der Waals surface area contributed by atoms with Crippen molar-refractivity contribution in [3.63, 3.8) is 0 Å².